The van der Waals surface area contributed by atoms with Gasteiger partial charge in [0.05, 0.1) is 0 Å². The van der Waals surface area contributed by atoms with Crippen LogP contribution in [-0.4, -0.2) is 6.04 Å². The molecule has 3 heteroatoms. The Labute approximate surface area is 112 Å². The lowest BCUT2D eigenvalue weighted by molar-refractivity contribution is 0.481. The predicted octanol–water partition coefficient (Wildman–Crippen LogP) is 4.40. The lowest BCUT2D eigenvalue weighted by atomic mass is 10.1. The molecule has 1 N–H and O–H groups in total. The summed E-state index contributed by atoms with van der Waals surface area (Å²) in [5.41, 5.74) is 2.84. The van der Waals surface area contributed by atoms with E-state index < -0.39 is 0 Å². The molecule has 1 nitrogen and oxygen atoms in total. The van der Waals surface area contributed by atoms with Crippen LogP contribution < -0.4 is 5.32 Å². The van der Waals surface area contributed by atoms with Gasteiger partial charge in [0.1, 0.15) is 0 Å². The molecule has 0 saturated heterocycles. The first-order chi connectivity index (χ1) is 8.16. The van der Waals surface area contributed by atoms with Crippen molar-refractivity contribution in [2.45, 2.75) is 39.3 Å². The van der Waals surface area contributed by atoms with Gasteiger partial charge in [-0.25, -0.2) is 0 Å². The minimum Gasteiger partial charge on any atom is -0.307 e. The van der Waals surface area contributed by atoms with Crippen LogP contribution in [-0.2, 0) is 6.42 Å². The molecule has 0 aliphatic heterocycles. The molecule has 2 aromatic heterocycles. The molecular formula is C14H19NS2. The van der Waals surface area contributed by atoms with Crippen LogP contribution in [0.1, 0.15) is 35.9 Å². The molecule has 2 atom stereocenters. The van der Waals surface area contributed by atoms with E-state index >= 15 is 0 Å². The molecule has 0 fully saturated rings. The molecular weight excluding hydrogens is 246 g/mol. The first kappa shape index (κ1) is 12.8. The van der Waals surface area contributed by atoms with Gasteiger partial charge in [-0.1, -0.05) is 0 Å². The molecule has 0 aliphatic carbocycles. The van der Waals surface area contributed by atoms with E-state index in [9.17, 15) is 0 Å². The summed E-state index contributed by atoms with van der Waals surface area (Å²) in [6.45, 7) is 6.70. The summed E-state index contributed by atoms with van der Waals surface area (Å²) in [5, 5.41) is 10.2. The summed E-state index contributed by atoms with van der Waals surface area (Å²) in [5.74, 6) is 0. The van der Waals surface area contributed by atoms with Crippen molar-refractivity contribution in [3.63, 3.8) is 0 Å². The van der Waals surface area contributed by atoms with Crippen LogP contribution in [0.3, 0.4) is 0 Å². The Bertz CT molecular complexity index is 444. The molecule has 92 valence electrons. The molecule has 0 aliphatic rings. The quantitative estimate of drug-likeness (QED) is 0.845. The number of aryl methyl sites for hydroxylation is 1. The highest BCUT2D eigenvalue weighted by molar-refractivity contribution is 7.10. The van der Waals surface area contributed by atoms with E-state index in [0.29, 0.717) is 12.1 Å². The largest absolute Gasteiger partial charge is 0.307 e. The van der Waals surface area contributed by atoms with Crippen LogP contribution >= 0.6 is 22.7 Å². The first-order valence-electron chi connectivity index (χ1n) is 5.98. The predicted molar refractivity (Wildman–Crippen MR) is 78.1 cm³/mol. The molecule has 2 rings (SSSR count). The van der Waals surface area contributed by atoms with E-state index in [4.69, 9.17) is 0 Å². The molecule has 2 heterocycles. The Kier molecular flexibility index (Phi) is 4.37. The van der Waals surface area contributed by atoms with E-state index in [-0.39, 0.29) is 0 Å². The maximum absolute atomic E-state index is 3.68. The van der Waals surface area contributed by atoms with E-state index in [1.165, 1.54) is 16.0 Å². The highest BCUT2D eigenvalue weighted by Crippen LogP contribution is 2.24. The third-order valence-corrected chi connectivity index (χ3v) is 4.89. The van der Waals surface area contributed by atoms with Crippen LogP contribution in [0.4, 0.5) is 0 Å². The van der Waals surface area contributed by atoms with Gasteiger partial charge in [0.2, 0.25) is 0 Å². The summed E-state index contributed by atoms with van der Waals surface area (Å²) >= 11 is 3.62. The second-order valence-corrected chi connectivity index (χ2v) is 6.32. The van der Waals surface area contributed by atoms with E-state index in [2.05, 4.69) is 54.4 Å². The first-order valence-corrected chi connectivity index (χ1v) is 7.80. The maximum atomic E-state index is 3.68. The van der Waals surface area contributed by atoms with Crippen molar-refractivity contribution < 1.29 is 0 Å². The van der Waals surface area contributed by atoms with Gasteiger partial charge in [0.15, 0.2) is 0 Å². The van der Waals surface area contributed by atoms with E-state index in [1.807, 2.05) is 11.3 Å². The average Bonchev–Trinajstić information content (AvgIpc) is 2.88. The molecule has 0 spiro atoms. The highest BCUT2D eigenvalue weighted by Gasteiger charge is 2.12. The van der Waals surface area contributed by atoms with Gasteiger partial charge in [-0.15, -0.1) is 11.3 Å². The summed E-state index contributed by atoms with van der Waals surface area (Å²) in [6, 6.07) is 5.37. The summed E-state index contributed by atoms with van der Waals surface area (Å²) < 4.78 is 0. The molecule has 2 aromatic rings. The van der Waals surface area contributed by atoms with Crippen molar-refractivity contribution in [3.05, 3.63) is 44.3 Å². The van der Waals surface area contributed by atoms with Crippen molar-refractivity contribution in [2.75, 3.05) is 0 Å². The molecule has 0 radical (unpaired) electrons. The van der Waals surface area contributed by atoms with Gasteiger partial charge in [-0.05, 0) is 66.6 Å². The highest BCUT2D eigenvalue weighted by atomic mass is 32.1. The monoisotopic (exact) mass is 265 g/mol. The fourth-order valence-corrected chi connectivity index (χ4v) is 3.78. The number of thiophene rings is 2. The van der Waals surface area contributed by atoms with Gasteiger partial charge in [0, 0.05) is 17.0 Å². The van der Waals surface area contributed by atoms with Crippen molar-refractivity contribution in [1.29, 1.82) is 0 Å². The van der Waals surface area contributed by atoms with Crippen LogP contribution in [0, 0.1) is 6.92 Å². The number of hydrogen-bond donors (Lipinski definition) is 1. The van der Waals surface area contributed by atoms with E-state index in [0.717, 1.165) is 6.42 Å². The third-order valence-electron chi connectivity index (χ3n) is 2.95. The SMILES string of the molecule is Cc1ccsc1C(C)NC(C)Cc1ccsc1. The van der Waals surface area contributed by atoms with Crippen LogP contribution in [0.2, 0.25) is 0 Å². The lowest BCUT2D eigenvalue weighted by Gasteiger charge is -2.19. The molecule has 0 amide bonds. The van der Waals surface area contributed by atoms with Crippen LogP contribution in [0.5, 0.6) is 0 Å². The van der Waals surface area contributed by atoms with E-state index in [1.54, 1.807) is 11.3 Å². The summed E-state index contributed by atoms with van der Waals surface area (Å²) in [4.78, 5) is 1.46. The molecule has 0 saturated carbocycles. The number of nitrogens with one attached hydrogen (secondary N) is 1. The van der Waals surface area contributed by atoms with Crippen molar-refractivity contribution >= 4 is 22.7 Å². The molecule has 17 heavy (non-hydrogen) atoms. The standard InChI is InChI=1S/C14H19NS2/c1-10-4-7-17-14(10)12(3)15-11(2)8-13-5-6-16-9-13/h4-7,9,11-12,15H,8H2,1-3H3. The van der Waals surface area contributed by atoms with Crippen molar-refractivity contribution in [2.24, 2.45) is 0 Å². The zero-order valence-electron chi connectivity index (χ0n) is 10.6. The van der Waals surface area contributed by atoms with Gasteiger partial charge in [-0.3, -0.25) is 0 Å². The van der Waals surface area contributed by atoms with Gasteiger partial charge >= 0.3 is 0 Å². The topological polar surface area (TPSA) is 12.0 Å². The molecule has 0 aromatic carbocycles. The Balaban J connectivity index is 1.90. The molecule has 2 unspecified atom stereocenters. The van der Waals surface area contributed by atoms with Gasteiger partial charge in [0.25, 0.3) is 0 Å². The fraction of sp³-hybridized carbons (Fsp3) is 0.429. The maximum Gasteiger partial charge on any atom is 0.0390 e. The second kappa shape index (κ2) is 5.80. The van der Waals surface area contributed by atoms with Gasteiger partial charge in [-0.2, -0.15) is 11.3 Å². The summed E-state index contributed by atoms with van der Waals surface area (Å²) in [7, 11) is 0. The van der Waals surface area contributed by atoms with Crippen LogP contribution in [0.15, 0.2) is 28.3 Å². The smallest absolute Gasteiger partial charge is 0.0390 e. The van der Waals surface area contributed by atoms with Crippen LogP contribution in [0.25, 0.3) is 0 Å². The normalized spacial score (nSPS) is 14.8. The Morgan fingerprint density at radius 1 is 1.24 bits per heavy atom. The second-order valence-electron chi connectivity index (χ2n) is 4.59. The number of rotatable bonds is 5. The number of hydrogen-bond acceptors (Lipinski definition) is 3. The van der Waals surface area contributed by atoms with Gasteiger partial charge < -0.3 is 5.32 Å². The Morgan fingerprint density at radius 3 is 2.65 bits per heavy atom. The average molecular weight is 265 g/mol. The van der Waals surface area contributed by atoms with Crippen molar-refractivity contribution in [3.8, 4) is 0 Å². The lowest BCUT2D eigenvalue weighted by Crippen LogP contribution is -2.30. The Morgan fingerprint density at radius 2 is 2.06 bits per heavy atom. The summed E-state index contributed by atoms with van der Waals surface area (Å²) in [6.07, 6.45) is 1.11. The third kappa shape index (κ3) is 3.41. The minimum atomic E-state index is 0.448. The molecule has 0 bridgehead atoms. The van der Waals surface area contributed by atoms with Crippen molar-refractivity contribution in [1.82, 2.24) is 5.32 Å². The minimum absolute atomic E-state index is 0.448. The Hall–Kier alpha value is -0.640. The zero-order chi connectivity index (χ0) is 12.3. The zero-order valence-corrected chi connectivity index (χ0v) is 12.2. The fourth-order valence-electron chi connectivity index (χ4n) is 2.15.